The molecule has 0 aromatic heterocycles. The van der Waals surface area contributed by atoms with Crippen LogP contribution in [0.3, 0.4) is 0 Å². The van der Waals surface area contributed by atoms with Gasteiger partial charge in [-0.25, -0.2) is 0 Å². The van der Waals surface area contributed by atoms with Crippen molar-refractivity contribution >= 4 is 35.2 Å². The molecule has 3 aromatic rings. The van der Waals surface area contributed by atoms with Gasteiger partial charge in [-0.1, -0.05) is 78.3 Å². The lowest BCUT2D eigenvalue weighted by Crippen LogP contribution is -2.49. The van der Waals surface area contributed by atoms with Crippen LogP contribution in [0.25, 0.3) is 0 Å². The summed E-state index contributed by atoms with van der Waals surface area (Å²) in [5, 5.41) is 3.31. The van der Waals surface area contributed by atoms with Gasteiger partial charge >= 0.3 is 0 Å². The van der Waals surface area contributed by atoms with Gasteiger partial charge in [-0.15, -0.1) is 11.8 Å². The average molecular weight is 467 g/mol. The zero-order valence-corrected chi connectivity index (χ0v) is 19.6. The number of benzene rings is 3. The highest BCUT2D eigenvalue weighted by molar-refractivity contribution is 7.99. The van der Waals surface area contributed by atoms with Gasteiger partial charge in [0.25, 0.3) is 0 Å². The maximum atomic E-state index is 13.4. The Hall–Kier alpha value is -2.76. The summed E-state index contributed by atoms with van der Waals surface area (Å²) in [5.41, 5.74) is 1.82. The molecule has 32 heavy (non-hydrogen) atoms. The van der Waals surface area contributed by atoms with E-state index in [9.17, 15) is 9.59 Å². The zero-order chi connectivity index (χ0) is 22.8. The van der Waals surface area contributed by atoms with E-state index >= 15 is 0 Å². The van der Waals surface area contributed by atoms with E-state index in [4.69, 9.17) is 11.6 Å². The third-order valence-electron chi connectivity index (χ3n) is 5.14. The molecule has 4 nitrogen and oxygen atoms in total. The summed E-state index contributed by atoms with van der Waals surface area (Å²) in [4.78, 5) is 29.1. The van der Waals surface area contributed by atoms with Crippen LogP contribution in [0.2, 0.25) is 5.02 Å². The summed E-state index contributed by atoms with van der Waals surface area (Å²) in [6.45, 7) is 0.277. The third-order valence-corrected chi connectivity index (χ3v) is 6.53. The van der Waals surface area contributed by atoms with Crippen molar-refractivity contribution in [3.05, 3.63) is 101 Å². The number of amides is 2. The molecule has 0 aliphatic rings. The first-order chi connectivity index (χ1) is 15.6. The topological polar surface area (TPSA) is 49.4 Å². The van der Waals surface area contributed by atoms with E-state index in [-0.39, 0.29) is 18.4 Å². The Kier molecular flexibility index (Phi) is 9.20. The van der Waals surface area contributed by atoms with Crippen LogP contribution >= 0.6 is 23.4 Å². The Morgan fingerprint density at radius 1 is 0.938 bits per heavy atom. The van der Waals surface area contributed by atoms with Crippen molar-refractivity contribution in [2.75, 3.05) is 12.8 Å². The van der Waals surface area contributed by atoms with Crippen molar-refractivity contribution in [1.29, 1.82) is 0 Å². The second-order valence-electron chi connectivity index (χ2n) is 7.34. The molecular weight excluding hydrogens is 440 g/mol. The van der Waals surface area contributed by atoms with E-state index in [1.165, 1.54) is 0 Å². The van der Waals surface area contributed by atoms with E-state index in [1.54, 1.807) is 29.8 Å². The fourth-order valence-corrected chi connectivity index (χ4v) is 4.50. The molecule has 0 aliphatic carbocycles. The normalized spacial score (nSPS) is 11.6. The minimum atomic E-state index is -0.632. The van der Waals surface area contributed by atoms with E-state index in [0.29, 0.717) is 23.6 Å². The largest absolute Gasteiger partial charge is 0.357 e. The fourth-order valence-electron chi connectivity index (χ4n) is 3.45. The minimum absolute atomic E-state index is 0.0714. The molecule has 0 aliphatic heterocycles. The second kappa shape index (κ2) is 12.3. The Balaban J connectivity index is 1.82. The zero-order valence-electron chi connectivity index (χ0n) is 18.0. The summed E-state index contributed by atoms with van der Waals surface area (Å²) < 4.78 is 0. The molecule has 1 N–H and O–H groups in total. The molecule has 0 radical (unpaired) electrons. The van der Waals surface area contributed by atoms with Gasteiger partial charge < -0.3 is 10.2 Å². The Morgan fingerprint density at radius 2 is 1.56 bits per heavy atom. The molecule has 0 bridgehead atoms. The highest BCUT2D eigenvalue weighted by Crippen LogP contribution is 2.23. The highest BCUT2D eigenvalue weighted by Gasteiger charge is 2.29. The van der Waals surface area contributed by atoms with Crippen molar-refractivity contribution in [2.45, 2.75) is 30.3 Å². The number of rotatable bonds is 10. The van der Waals surface area contributed by atoms with Crippen molar-refractivity contribution in [2.24, 2.45) is 0 Å². The fraction of sp³-hybridized carbons (Fsp3) is 0.231. The second-order valence-corrected chi connectivity index (χ2v) is 8.92. The number of nitrogens with one attached hydrogen (secondary N) is 1. The molecule has 0 unspecified atom stereocenters. The molecule has 3 aromatic carbocycles. The Bertz CT molecular complexity index is 1010. The van der Waals surface area contributed by atoms with Crippen LogP contribution in [0, 0.1) is 0 Å². The van der Waals surface area contributed by atoms with Crippen LogP contribution in [0.1, 0.15) is 17.5 Å². The van der Waals surface area contributed by atoms with Crippen molar-refractivity contribution in [1.82, 2.24) is 10.2 Å². The first-order valence-electron chi connectivity index (χ1n) is 10.5. The van der Waals surface area contributed by atoms with E-state index in [1.807, 2.05) is 78.9 Å². The molecule has 6 heteroatoms. The smallest absolute Gasteiger partial charge is 0.242 e. The molecule has 0 saturated heterocycles. The number of carbonyl (C=O) groups excluding carboxylic acids is 2. The molecule has 2 amide bonds. The number of likely N-dealkylation sites (N-methyl/N-ethyl adjacent to an activating group) is 1. The van der Waals surface area contributed by atoms with Gasteiger partial charge in [0, 0.05) is 42.1 Å². The molecule has 3 rings (SSSR count). The Morgan fingerprint density at radius 3 is 2.22 bits per heavy atom. The molecular formula is C26H27ClN2O2S. The van der Waals surface area contributed by atoms with Gasteiger partial charge in [0.05, 0.1) is 0 Å². The van der Waals surface area contributed by atoms with E-state index < -0.39 is 6.04 Å². The van der Waals surface area contributed by atoms with Crippen LogP contribution in [0.15, 0.2) is 89.8 Å². The van der Waals surface area contributed by atoms with Gasteiger partial charge in [-0.05, 0) is 29.3 Å². The molecule has 166 valence electrons. The maximum absolute atomic E-state index is 13.4. The summed E-state index contributed by atoms with van der Waals surface area (Å²) >= 11 is 8.02. The first kappa shape index (κ1) is 23.9. The van der Waals surface area contributed by atoms with Gasteiger partial charge in [-0.2, -0.15) is 0 Å². The standard InChI is InChI=1S/C26H27ClN2O2S/c1-28-26(31)24(18-20-10-4-2-5-11-20)29(19-21-12-8-9-15-23(21)27)25(30)16-17-32-22-13-6-3-7-14-22/h2-15,24H,16-19H2,1H3,(H,28,31)/t24-/m1/s1. The molecule has 0 spiro atoms. The summed E-state index contributed by atoms with van der Waals surface area (Å²) in [6, 6.07) is 26.6. The summed E-state index contributed by atoms with van der Waals surface area (Å²) in [6.07, 6.45) is 0.759. The number of thioether (sulfide) groups is 1. The summed E-state index contributed by atoms with van der Waals surface area (Å²) in [7, 11) is 1.60. The predicted octanol–water partition coefficient (Wildman–Crippen LogP) is 5.21. The number of nitrogens with zero attached hydrogens (tertiary/aromatic N) is 1. The van der Waals surface area contributed by atoms with E-state index in [0.717, 1.165) is 16.0 Å². The molecule has 0 heterocycles. The monoisotopic (exact) mass is 466 g/mol. The summed E-state index contributed by atoms with van der Waals surface area (Å²) in [5.74, 6) is 0.371. The Labute approximate surface area is 199 Å². The van der Waals surface area contributed by atoms with Crippen molar-refractivity contribution < 1.29 is 9.59 Å². The highest BCUT2D eigenvalue weighted by atomic mass is 35.5. The van der Waals surface area contributed by atoms with Gasteiger partial charge in [0.15, 0.2) is 0 Å². The maximum Gasteiger partial charge on any atom is 0.242 e. The minimum Gasteiger partial charge on any atom is -0.357 e. The van der Waals surface area contributed by atoms with Crippen LogP contribution in [0.5, 0.6) is 0 Å². The molecule has 0 saturated carbocycles. The number of hydrogen-bond acceptors (Lipinski definition) is 3. The van der Waals surface area contributed by atoms with Crippen molar-refractivity contribution in [3.8, 4) is 0 Å². The van der Waals surface area contributed by atoms with Crippen molar-refractivity contribution in [3.63, 3.8) is 0 Å². The van der Waals surface area contributed by atoms with Crippen LogP contribution in [0.4, 0.5) is 0 Å². The van der Waals surface area contributed by atoms with Crippen LogP contribution < -0.4 is 5.32 Å². The number of halogens is 1. The first-order valence-corrected chi connectivity index (χ1v) is 11.9. The SMILES string of the molecule is CNC(=O)[C@@H](Cc1ccccc1)N(Cc1ccccc1Cl)C(=O)CCSc1ccccc1. The predicted molar refractivity (Wildman–Crippen MR) is 132 cm³/mol. The van der Waals surface area contributed by atoms with Gasteiger partial charge in [0.2, 0.25) is 11.8 Å². The number of hydrogen-bond donors (Lipinski definition) is 1. The lowest BCUT2D eigenvalue weighted by Gasteiger charge is -2.31. The number of carbonyl (C=O) groups is 2. The lowest BCUT2D eigenvalue weighted by molar-refractivity contribution is -0.140. The lowest BCUT2D eigenvalue weighted by atomic mass is 10.0. The quantitative estimate of drug-likeness (QED) is 0.417. The molecule has 0 fully saturated rings. The van der Waals surface area contributed by atoms with Crippen LogP contribution in [-0.2, 0) is 22.6 Å². The van der Waals surface area contributed by atoms with Crippen LogP contribution in [-0.4, -0.2) is 35.6 Å². The van der Waals surface area contributed by atoms with Gasteiger partial charge in [0.1, 0.15) is 6.04 Å². The third kappa shape index (κ3) is 6.87. The van der Waals surface area contributed by atoms with E-state index in [2.05, 4.69) is 5.32 Å². The molecule has 1 atom stereocenters. The average Bonchev–Trinajstić information content (AvgIpc) is 2.83. The van der Waals surface area contributed by atoms with Gasteiger partial charge in [-0.3, -0.25) is 9.59 Å².